The minimum absolute atomic E-state index is 0. The number of likely N-dealkylation sites (tertiary alicyclic amines) is 1. The van der Waals surface area contributed by atoms with Crippen LogP contribution in [0.15, 0.2) is 21.1 Å². The molecule has 2 aliphatic rings. The van der Waals surface area contributed by atoms with Gasteiger partial charge in [-0.2, -0.15) is 0 Å². The van der Waals surface area contributed by atoms with Gasteiger partial charge in [-0.3, -0.25) is 4.79 Å². The van der Waals surface area contributed by atoms with E-state index in [0.29, 0.717) is 40.1 Å². The first-order valence-electron chi connectivity index (χ1n) is 9.89. The lowest BCUT2D eigenvalue weighted by Crippen LogP contribution is -2.39. The molecule has 8 heteroatoms. The molecule has 2 aliphatic heterocycles. The molecule has 2 unspecified atom stereocenters. The Kier molecular flexibility index (Phi) is 5.12. The number of nitrogens with one attached hydrogen (secondary N) is 1. The molecule has 0 aromatic carbocycles. The fourth-order valence-electron chi connectivity index (χ4n) is 4.58. The number of nitrogens with zero attached hydrogens (tertiary/aromatic N) is 3. The smallest absolute Gasteiger partial charge is 0.259 e. The second-order valence-corrected chi connectivity index (χ2v) is 8.01. The topological polar surface area (TPSA) is 84.4 Å². The maximum atomic E-state index is 13.5. The summed E-state index contributed by atoms with van der Waals surface area (Å²) in [5.74, 6) is 1.60. The lowest BCUT2D eigenvalue weighted by atomic mass is 10.0. The van der Waals surface area contributed by atoms with Gasteiger partial charge in [-0.25, -0.2) is 4.98 Å². The normalized spacial score (nSPS) is 21.3. The van der Waals surface area contributed by atoms with E-state index in [1.165, 1.54) is 6.42 Å². The van der Waals surface area contributed by atoms with Crippen LogP contribution >= 0.6 is 12.4 Å². The van der Waals surface area contributed by atoms with Gasteiger partial charge in [-0.1, -0.05) is 5.16 Å². The minimum atomic E-state index is 0. The quantitative estimate of drug-likeness (QED) is 0.684. The van der Waals surface area contributed by atoms with E-state index in [0.717, 1.165) is 43.0 Å². The Balaban J connectivity index is 0.00000205. The van der Waals surface area contributed by atoms with Crippen LogP contribution in [0.25, 0.3) is 22.4 Å². The molecule has 2 saturated heterocycles. The second kappa shape index (κ2) is 7.46. The fourth-order valence-corrected chi connectivity index (χ4v) is 4.58. The number of aromatic nitrogens is 2. The third kappa shape index (κ3) is 3.42. The standard InChI is InChI=1S/C21H24N4O3.ClH/c1-11-8-16(13(3)27-11)18-9-17(19-12(2)24-28-20(19)23-18)21(26)25-7-6-14-4-5-15(10-25)22-14;/h8-9,14-15,22H,4-7,10H2,1-3H3;1H. The molecule has 5 rings (SSSR count). The molecule has 29 heavy (non-hydrogen) atoms. The molecule has 3 aromatic rings. The summed E-state index contributed by atoms with van der Waals surface area (Å²) in [5, 5.41) is 8.39. The van der Waals surface area contributed by atoms with Crippen LogP contribution in [0.4, 0.5) is 0 Å². The van der Waals surface area contributed by atoms with Crippen LogP contribution in [-0.4, -0.2) is 46.1 Å². The van der Waals surface area contributed by atoms with Crippen molar-refractivity contribution in [3.05, 3.63) is 34.9 Å². The van der Waals surface area contributed by atoms with Gasteiger partial charge in [0.15, 0.2) is 0 Å². The van der Waals surface area contributed by atoms with Crippen molar-refractivity contribution in [1.29, 1.82) is 0 Å². The molecule has 154 valence electrons. The van der Waals surface area contributed by atoms with E-state index in [2.05, 4.69) is 15.5 Å². The van der Waals surface area contributed by atoms with Gasteiger partial charge in [0.1, 0.15) is 11.5 Å². The number of fused-ring (bicyclic) bond motifs is 3. The van der Waals surface area contributed by atoms with Crippen molar-refractivity contribution in [3.63, 3.8) is 0 Å². The zero-order valence-corrected chi connectivity index (χ0v) is 17.6. The Hall–Kier alpha value is -2.38. The number of furan rings is 1. The van der Waals surface area contributed by atoms with Crippen molar-refractivity contribution in [2.45, 2.75) is 52.1 Å². The molecule has 2 bridgehead atoms. The van der Waals surface area contributed by atoms with E-state index in [-0.39, 0.29) is 18.3 Å². The summed E-state index contributed by atoms with van der Waals surface area (Å²) >= 11 is 0. The van der Waals surface area contributed by atoms with Crippen LogP contribution in [-0.2, 0) is 0 Å². The van der Waals surface area contributed by atoms with Crippen molar-refractivity contribution < 1.29 is 13.7 Å². The van der Waals surface area contributed by atoms with Crippen LogP contribution in [0.5, 0.6) is 0 Å². The second-order valence-electron chi connectivity index (χ2n) is 8.01. The summed E-state index contributed by atoms with van der Waals surface area (Å²) < 4.78 is 11.1. The first kappa shape index (κ1) is 19.9. The van der Waals surface area contributed by atoms with E-state index >= 15 is 0 Å². The van der Waals surface area contributed by atoms with Gasteiger partial charge in [0.05, 0.1) is 22.3 Å². The number of pyridine rings is 1. The van der Waals surface area contributed by atoms with E-state index in [4.69, 9.17) is 8.94 Å². The SMILES string of the molecule is Cc1cc(-c2cc(C(=O)N3CCC4CCC(C3)N4)c3c(C)noc3n2)c(C)o1.Cl. The maximum Gasteiger partial charge on any atom is 0.259 e. The number of hydrogen-bond donors (Lipinski definition) is 1. The minimum Gasteiger partial charge on any atom is -0.466 e. The Morgan fingerprint density at radius 3 is 2.72 bits per heavy atom. The van der Waals surface area contributed by atoms with Crippen molar-refractivity contribution in [3.8, 4) is 11.3 Å². The highest BCUT2D eigenvalue weighted by Crippen LogP contribution is 2.31. The number of rotatable bonds is 2. The number of hydrogen-bond acceptors (Lipinski definition) is 6. The number of carbonyl (C=O) groups excluding carboxylic acids is 1. The van der Waals surface area contributed by atoms with Gasteiger partial charge in [0.25, 0.3) is 11.6 Å². The van der Waals surface area contributed by atoms with Gasteiger partial charge < -0.3 is 19.2 Å². The summed E-state index contributed by atoms with van der Waals surface area (Å²) in [6, 6.07) is 4.72. The lowest BCUT2D eigenvalue weighted by Gasteiger charge is -2.24. The highest BCUT2D eigenvalue weighted by atomic mass is 35.5. The van der Waals surface area contributed by atoms with Crippen LogP contribution in [0.3, 0.4) is 0 Å². The first-order valence-corrected chi connectivity index (χ1v) is 9.89. The third-order valence-electron chi connectivity index (χ3n) is 5.97. The summed E-state index contributed by atoms with van der Waals surface area (Å²) in [6.07, 6.45) is 3.33. The molecule has 0 saturated carbocycles. The summed E-state index contributed by atoms with van der Waals surface area (Å²) in [7, 11) is 0. The van der Waals surface area contributed by atoms with Crippen molar-refractivity contribution in [2.75, 3.05) is 13.1 Å². The Morgan fingerprint density at radius 1 is 1.17 bits per heavy atom. The number of amides is 1. The Labute approximate surface area is 175 Å². The first-order chi connectivity index (χ1) is 13.5. The van der Waals surface area contributed by atoms with Crippen LogP contribution < -0.4 is 5.32 Å². The molecular formula is C21H25ClN4O3. The summed E-state index contributed by atoms with van der Waals surface area (Å²) in [6.45, 7) is 7.16. The van der Waals surface area contributed by atoms with Crippen LogP contribution in [0.2, 0.25) is 0 Å². The molecule has 1 N–H and O–H groups in total. The molecule has 1 amide bonds. The Bertz CT molecular complexity index is 1070. The van der Waals surface area contributed by atoms with Crippen molar-refractivity contribution in [1.82, 2.24) is 20.4 Å². The predicted octanol–water partition coefficient (Wildman–Crippen LogP) is 3.80. The predicted molar refractivity (Wildman–Crippen MR) is 111 cm³/mol. The zero-order chi connectivity index (χ0) is 19.4. The molecular weight excluding hydrogens is 392 g/mol. The molecule has 7 nitrogen and oxygen atoms in total. The number of aryl methyl sites for hydroxylation is 3. The van der Waals surface area contributed by atoms with Gasteiger partial charge in [-0.15, -0.1) is 12.4 Å². The monoisotopic (exact) mass is 416 g/mol. The zero-order valence-electron chi connectivity index (χ0n) is 16.8. The molecule has 0 spiro atoms. The molecule has 2 fully saturated rings. The molecule has 0 aliphatic carbocycles. The number of halogens is 1. The van der Waals surface area contributed by atoms with Crippen molar-refractivity contribution >= 4 is 29.4 Å². The maximum absolute atomic E-state index is 13.5. The van der Waals surface area contributed by atoms with Gasteiger partial charge >= 0.3 is 0 Å². The van der Waals surface area contributed by atoms with E-state index < -0.39 is 0 Å². The van der Waals surface area contributed by atoms with Gasteiger partial charge in [0.2, 0.25) is 0 Å². The van der Waals surface area contributed by atoms with E-state index in [1.54, 1.807) is 0 Å². The van der Waals surface area contributed by atoms with Crippen LogP contribution in [0, 0.1) is 20.8 Å². The summed E-state index contributed by atoms with van der Waals surface area (Å²) in [5.41, 5.74) is 3.24. The number of carbonyl (C=O) groups is 1. The Morgan fingerprint density at radius 2 is 1.97 bits per heavy atom. The lowest BCUT2D eigenvalue weighted by molar-refractivity contribution is 0.0750. The molecule has 2 atom stereocenters. The average Bonchev–Trinajstić information content (AvgIpc) is 3.31. The van der Waals surface area contributed by atoms with E-state index in [1.807, 2.05) is 37.8 Å². The van der Waals surface area contributed by atoms with E-state index in [9.17, 15) is 4.79 Å². The third-order valence-corrected chi connectivity index (χ3v) is 5.97. The van der Waals surface area contributed by atoms with Crippen LogP contribution in [0.1, 0.15) is 46.8 Å². The molecule has 3 aromatic heterocycles. The van der Waals surface area contributed by atoms with Crippen molar-refractivity contribution in [2.24, 2.45) is 0 Å². The largest absolute Gasteiger partial charge is 0.466 e. The molecule has 0 radical (unpaired) electrons. The van der Waals surface area contributed by atoms with Gasteiger partial charge in [0, 0.05) is 30.7 Å². The average molecular weight is 417 g/mol. The highest BCUT2D eigenvalue weighted by molar-refractivity contribution is 6.07. The fraction of sp³-hybridized carbons (Fsp3) is 0.476. The summed E-state index contributed by atoms with van der Waals surface area (Å²) in [4.78, 5) is 20.1. The highest BCUT2D eigenvalue weighted by Gasteiger charge is 2.33. The van der Waals surface area contributed by atoms with Gasteiger partial charge in [-0.05, 0) is 52.2 Å². The molecule has 5 heterocycles.